The molecule has 1 saturated heterocycles. The van der Waals surface area contributed by atoms with Crippen LogP contribution in [0.5, 0.6) is 11.5 Å². The minimum Gasteiger partial charge on any atom is -0.493 e. The molecule has 144 valence electrons. The second kappa shape index (κ2) is 8.76. The summed E-state index contributed by atoms with van der Waals surface area (Å²) in [6, 6.07) is 6.70. The quantitative estimate of drug-likeness (QED) is 0.843. The first-order chi connectivity index (χ1) is 12.6. The van der Waals surface area contributed by atoms with Crippen LogP contribution >= 0.6 is 0 Å². The second-order valence-corrected chi connectivity index (χ2v) is 7.68. The van der Waals surface area contributed by atoms with E-state index in [2.05, 4.69) is 23.2 Å². The van der Waals surface area contributed by atoms with Crippen LogP contribution in [0.2, 0.25) is 0 Å². The van der Waals surface area contributed by atoms with Gasteiger partial charge in [0.05, 0.1) is 20.8 Å². The van der Waals surface area contributed by atoms with Gasteiger partial charge in [0.25, 0.3) is 0 Å². The van der Waals surface area contributed by atoms with E-state index in [9.17, 15) is 4.79 Å². The molecule has 5 heteroatoms. The van der Waals surface area contributed by atoms with Gasteiger partial charge in [0, 0.05) is 12.1 Å². The van der Waals surface area contributed by atoms with Gasteiger partial charge < -0.3 is 14.8 Å². The summed E-state index contributed by atoms with van der Waals surface area (Å²) in [5.74, 6) is 2.24. The van der Waals surface area contributed by atoms with Crippen LogP contribution in [0, 0.1) is 5.92 Å². The number of likely N-dealkylation sites (tertiary alicyclic amines) is 1. The molecule has 2 aliphatic rings. The number of ether oxygens (including phenoxy) is 2. The Hall–Kier alpha value is -1.75. The summed E-state index contributed by atoms with van der Waals surface area (Å²) in [7, 11) is 3.31. The van der Waals surface area contributed by atoms with Crippen LogP contribution in [0.1, 0.15) is 57.1 Å². The van der Waals surface area contributed by atoms with Crippen LogP contribution in [-0.2, 0) is 4.79 Å². The molecule has 0 unspecified atom stereocenters. The minimum atomic E-state index is 0.163. The van der Waals surface area contributed by atoms with Crippen LogP contribution in [0.15, 0.2) is 18.2 Å². The Morgan fingerprint density at radius 3 is 2.62 bits per heavy atom. The van der Waals surface area contributed by atoms with Gasteiger partial charge in [-0.1, -0.05) is 25.8 Å². The van der Waals surface area contributed by atoms with Gasteiger partial charge in [-0.15, -0.1) is 0 Å². The van der Waals surface area contributed by atoms with Gasteiger partial charge in [-0.3, -0.25) is 9.69 Å². The lowest BCUT2D eigenvalue weighted by molar-refractivity contribution is -0.123. The molecule has 3 atom stereocenters. The Labute approximate surface area is 157 Å². The second-order valence-electron chi connectivity index (χ2n) is 7.68. The Balaban J connectivity index is 1.63. The van der Waals surface area contributed by atoms with Crippen LogP contribution in [0.3, 0.4) is 0 Å². The topological polar surface area (TPSA) is 50.8 Å². The number of carbonyl (C=O) groups is 1. The van der Waals surface area contributed by atoms with Crippen molar-refractivity contribution in [1.82, 2.24) is 10.2 Å². The summed E-state index contributed by atoms with van der Waals surface area (Å²) in [5.41, 5.74) is 1.19. The molecular formula is C21H32N2O3. The highest BCUT2D eigenvalue weighted by Gasteiger charge is 2.30. The molecule has 1 amide bonds. The van der Waals surface area contributed by atoms with E-state index in [1.165, 1.54) is 24.8 Å². The fraction of sp³-hybridized carbons (Fsp3) is 0.667. The third-order valence-electron chi connectivity index (χ3n) is 5.96. The molecule has 0 aromatic heterocycles. The van der Waals surface area contributed by atoms with E-state index in [4.69, 9.17) is 9.47 Å². The standard InChI is InChI=1S/C21H32N2O3/c1-15-7-4-5-8-17(15)22-21(24)14-23-12-6-9-18(23)16-10-11-19(25-2)20(13-16)26-3/h10-11,13,15,17-18H,4-9,12,14H2,1-3H3,(H,22,24)/t15-,17+,18+/m1/s1. The SMILES string of the molecule is COc1ccc([C@@H]2CCCN2CC(=O)N[C@H]2CCCC[C@H]2C)cc1OC. The van der Waals surface area contributed by atoms with Gasteiger partial charge in [-0.25, -0.2) is 0 Å². The Kier molecular flexibility index (Phi) is 6.41. The normalized spacial score (nSPS) is 26.5. The fourth-order valence-corrected chi connectivity index (χ4v) is 4.42. The average Bonchev–Trinajstić information content (AvgIpc) is 3.11. The van der Waals surface area contributed by atoms with Gasteiger partial charge >= 0.3 is 0 Å². The Morgan fingerprint density at radius 1 is 1.12 bits per heavy atom. The molecule has 0 spiro atoms. The number of methoxy groups -OCH3 is 2. The van der Waals surface area contributed by atoms with Crippen molar-refractivity contribution in [2.75, 3.05) is 27.3 Å². The van der Waals surface area contributed by atoms with Gasteiger partial charge in [0.2, 0.25) is 5.91 Å². The van der Waals surface area contributed by atoms with Crippen molar-refractivity contribution in [2.45, 2.75) is 57.5 Å². The third kappa shape index (κ3) is 4.32. The van der Waals surface area contributed by atoms with E-state index < -0.39 is 0 Å². The lowest BCUT2D eigenvalue weighted by Crippen LogP contribution is -2.45. The van der Waals surface area contributed by atoms with E-state index in [0.29, 0.717) is 18.5 Å². The highest BCUT2D eigenvalue weighted by atomic mass is 16.5. The highest BCUT2D eigenvalue weighted by Crippen LogP contribution is 2.36. The lowest BCUT2D eigenvalue weighted by Gasteiger charge is -2.31. The summed E-state index contributed by atoms with van der Waals surface area (Å²) >= 11 is 0. The van der Waals surface area contributed by atoms with Crippen molar-refractivity contribution in [3.8, 4) is 11.5 Å². The number of benzene rings is 1. The van der Waals surface area contributed by atoms with Crippen LogP contribution in [0.25, 0.3) is 0 Å². The monoisotopic (exact) mass is 360 g/mol. The maximum Gasteiger partial charge on any atom is 0.234 e. The molecule has 1 N–H and O–H groups in total. The molecule has 1 aromatic rings. The number of nitrogens with one attached hydrogen (secondary N) is 1. The highest BCUT2D eigenvalue weighted by molar-refractivity contribution is 5.78. The largest absolute Gasteiger partial charge is 0.493 e. The molecule has 1 aliphatic heterocycles. The van der Waals surface area contributed by atoms with Crippen LogP contribution < -0.4 is 14.8 Å². The van der Waals surface area contributed by atoms with Gasteiger partial charge in [-0.05, 0) is 55.8 Å². The maximum atomic E-state index is 12.6. The van der Waals surface area contributed by atoms with Crippen molar-refractivity contribution in [1.29, 1.82) is 0 Å². The zero-order valence-corrected chi connectivity index (χ0v) is 16.3. The van der Waals surface area contributed by atoms with Crippen molar-refractivity contribution < 1.29 is 14.3 Å². The van der Waals surface area contributed by atoms with E-state index in [1.807, 2.05) is 12.1 Å². The summed E-state index contributed by atoms with van der Waals surface area (Å²) < 4.78 is 10.8. The molecule has 0 bridgehead atoms. The zero-order valence-electron chi connectivity index (χ0n) is 16.3. The third-order valence-corrected chi connectivity index (χ3v) is 5.96. The summed E-state index contributed by atoms with van der Waals surface area (Å²) in [6.45, 7) is 3.70. The fourth-order valence-electron chi connectivity index (χ4n) is 4.42. The van der Waals surface area contributed by atoms with Crippen molar-refractivity contribution in [3.05, 3.63) is 23.8 Å². The number of hydrogen-bond acceptors (Lipinski definition) is 4. The molecule has 3 rings (SSSR count). The number of rotatable bonds is 6. The number of nitrogens with zero attached hydrogens (tertiary/aromatic N) is 1. The van der Waals surface area contributed by atoms with E-state index in [-0.39, 0.29) is 11.9 Å². The molecule has 0 radical (unpaired) electrons. The molecule has 5 nitrogen and oxygen atoms in total. The van der Waals surface area contributed by atoms with Crippen molar-refractivity contribution in [3.63, 3.8) is 0 Å². The average molecular weight is 360 g/mol. The molecule has 1 heterocycles. The van der Waals surface area contributed by atoms with E-state index in [0.717, 1.165) is 37.3 Å². The molecule has 1 aromatic carbocycles. The van der Waals surface area contributed by atoms with Crippen LogP contribution in [0.4, 0.5) is 0 Å². The van der Waals surface area contributed by atoms with Crippen molar-refractivity contribution >= 4 is 5.91 Å². The maximum absolute atomic E-state index is 12.6. The first-order valence-corrected chi connectivity index (χ1v) is 9.87. The number of carbonyl (C=O) groups excluding carboxylic acids is 1. The van der Waals surface area contributed by atoms with Crippen LogP contribution in [-0.4, -0.2) is 44.2 Å². The van der Waals surface area contributed by atoms with Gasteiger partial charge in [0.1, 0.15) is 0 Å². The lowest BCUT2D eigenvalue weighted by atomic mass is 9.86. The zero-order chi connectivity index (χ0) is 18.5. The molecular weight excluding hydrogens is 328 g/mol. The summed E-state index contributed by atoms with van der Waals surface area (Å²) in [4.78, 5) is 14.9. The predicted octanol–water partition coefficient (Wildman–Crippen LogP) is 3.54. The number of hydrogen-bond donors (Lipinski definition) is 1. The number of amides is 1. The van der Waals surface area contributed by atoms with E-state index >= 15 is 0 Å². The summed E-state index contributed by atoms with van der Waals surface area (Å²) in [6.07, 6.45) is 7.05. The molecule has 2 fully saturated rings. The van der Waals surface area contributed by atoms with Gasteiger partial charge in [-0.2, -0.15) is 0 Å². The molecule has 1 saturated carbocycles. The Bertz CT molecular complexity index is 619. The van der Waals surface area contributed by atoms with Gasteiger partial charge in [0.15, 0.2) is 11.5 Å². The van der Waals surface area contributed by atoms with E-state index in [1.54, 1.807) is 14.2 Å². The van der Waals surface area contributed by atoms with Crippen molar-refractivity contribution in [2.24, 2.45) is 5.92 Å². The molecule has 1 aliphatic carbocycles. The smallest absolute Gasteiger partial charge is 0.234 e. The summed E-state index contributed by atoms with van der Waals surface area (Å²) in [5, 5.41) is 3.28. The Morgan fingerprint density at radius 2 is 1.88 bits per heavy atom. The first-order valence-electron chi connectivity index (χ1n) is 9.87. The predicted molar refractivity (Wildman–Crippen MR) is 103 cm³/mol. The first kappa shape index (κ1) is 19.0. The minimum absolute atomic E-state index is 0.163. The molecule has 26 heavy (non-hydrogen) atoms.